The largest absolute Gasteiger partial charge is 0.339 e. The summed E-state index contributed by atoms with van der Waals surface area (Å²) in [5.74, 6) is -0.260. The molecule has 0 aliphatic carbocycles. The number of nitrogens with zero attached hydrogens (tertiary/aromatic N) is 2. The molecule has 1 fully saturated rings. The van der Waals surface area contributed by atoms with Crippen molar-refractivity contribution in [2.75, 3.05) is 32.7 Å². The van der Waals surface area contributed by atoms with Crippen molar-refractivity contribution in [3.05, 3.63) is 71.8 Å². The maximum atomic E-state index is 12.8. The number of rotatable bonds is 4. The minimum absolute atomic E-state index is 0. The fourth-order valence-electron chi connectivity index (χ4n) is 3.18. The lowest BCUT2D eigenvalue weighted by Gasteiger charge is -2.36. The Morgan fingerprint density at radius 2 is 1.35 bits per heavy atom. The van der Waals surface area contributed by atoms with Crippen LogP contribution in [0.25, 0.3) is 0 Å². The number of piperazine rings is 1. The molecule has 1 aliphatic heterocycles. The Balaban J connectivity index is 0.00000243. The second-order valence-corrected chi connectivity index (χ2v) is 6.18. The molecule has 1 saturated heterocycles. The number of nitrogens with two attached hydrogens (primary N) is 1. The molecule has 2 N–H and O–H groups in total. The van der Waals surface area contributed by atoms with Crippen LogP contribution < -0.4 is 5.73 Å². The Hall–Kier alpha value is -2.37. The normalized spacial score (nSPS) is 15.1. The van der Waals surface area contributed by atoms with Gasteiger partial charge in [0.05, 0.1) is 5.92 Å². The average molecular weight is 374 g/mol. The van der Waals surface area contributed by atoms with Gasteiger partial charge in [0.1, 0.15) is 0 Å². The Morgan fingerprint density at radius 3 is 1.88 bits per heavy atom. The number of hydrogen-bond acceptors (Lipinski definition) is 3. The Morgan fingerprint density at radius 1 is 0.846 bits per heavy atom. The number of hydrogen-bond donors (Lipinski definition) is 1. The van der Waals surface area contributed by atoms with Crippen LogP contribution in [0, 0.1) is 0 Å². The molecule has 0 radical (unpaired) electrons. The lowest BCUT2D eigenvalue weighted by Crippen LogP contribution is -2.52. The average Bonchev–Trinajstić information content (AvgIpc) is 2.69. The molecule has 0 saturated carbocycles. The van der Waals surface area contributed by atoms with Crippen LogP contribution >= 0.6 is 12.4 Å². The van der Waals surface area contributed by atoms with Crippen LogP contribution in [0.1, 0.15) is 21.8 Å². The van der Waals surface area contributed by atoms with Crippen molar-refractivity contribution in [2.45, 2.75) is 5.92 Å². The fraction of sp³-hybridized carbons (Fsp3) is 0.300. The van der Waals surface area contributed by atoms with Crippen LogP contribution in [0.15, 0.2) is 60.7 Å². The van der Waals surface area contributed by atoms with Crippen molar-refractivity contribution in [1.29, 1.82) is 0 Å². The van der Waals surface area contributed by atoms with E-state index >= 15 is 0 Å². The third-order valence-corrected chi connectivity index (χ3v) is 4.64. The topological polar surface area (TPSA) is 66.6 Å². The molecule has 26 heavy (non-hydrogen) atoms. The van der Waals surface area contributed by atoms with Crippen molar-refractivity contribution >= 4 is 24.2 Å². The molecule has 6 heteroatoms. The second-order valence-electron chi connectivity index (χ2n) is 6.18. The van der Waals surface area contributed by atoms with Gasteiger partial charge in [0.25, 0.3) is 5.91 Å². The van der Waals surface area contributed by atoms with Crippen molar-refractivity contribution in [2.24, 2.45) is 5.73 Å². The number of carbonyl (C=O) groups excluding carboxylic acids is 2. The molecule has 2 amide bonds. The first-order valence-corrected chi connectivity index (χ1v) is 8.59. The van der Waals surface area contributed by atoms with Gasteiger partial charge in [-0.05, 0) is 17.7 Å². The molecule has 0 bridgehead atoms. The SMILES string of the molecule is Cl.NCC(C(=O)N1CCN(C(=O)c2ccccc2)CC1)c1ccccc1. The molecule has 1 unspecified atom stereocenters. The monoisotopic (exact) mass is 373 g/mol. The lowest BCUT2D eigenvalue weighted by atomic mass is 9.97. The van der Waals surface area contributed by atoms with E-state index in [2.05, 4.69) is 0 Å². The third kappa shape index (κ3) is 4.42. The molecule has 0 spiro atoms. The van der Waals surface area contributed by atoms with Gasteiger partial charge in [-0.1, -0.05) is 48.5 Å². The Kier molecular flexibility index (Phi) is 7.18. The highest BCUT2D eigenvalue weighted by molar-refractivity contribution is 5.94. The molecule has 1 heterocycles. The molecule has 5 nitrogen and oxygen atoms in total. The Labute approximate surface area is 160 Å². The van der Waals surface area contributed by atoms with E-state index in [-0.39, 0.29) is 36.7 Å². The van der Waals surface area contributed by atoms with E-state index in [1.54, 1.807) is 4.90 Å². The highest BCUT2D eigenvalue weighted by Crippen LogP contribution is 2.19. The van der Waals surface area contributed by atoms with Crippen LogP contribution in [0.2, 0.25) is 0 Å². The van der Waals surface area contributed by atoms with Gasteiger partial charge < -0.3 is 15.5 Å². The van der Waals surface area contributed by atoms with Crippen LogP contribution in [-0.2, 0) is 4.79 Å². The third-order valence-electron chi connectivity index (χ3n) is 4.64. The molecule has 138 valence electrons. The van der Waals surface area contributed by atoms with Gasteiger partial charge in [-0.15, -0.1) is 12.4 Å². The fourth-order valence-corrected chi connectivity index (χ4v) is 3.18. The number of benzene rings is 2. The zero-order valence-corrected chi connectivity index (χ0v) is 15.4. The molecular weight excluding hydrogens is 350 g/mol. The summed E-state index contributed by atoms with van der Waals surface area (Å²) in [7, 11) is 0. The zero-order chi connectivity index (χ0) is 17.6. The summed E-state index contributed by atoms with van der Waals surface area (Å²) in [6.45, 7) is 2.46. The summed E-state index contributed by atoms with van der Waals surface area (Å²) in [6, 6.07) is 18.9. The van der Waals surface area contributed by atoms with Crippen LogP contribution in [0.4, 0.5) is 0 Å². The molecular formula is C20H24ClN3O2. The molecule has 2 aromatic rings. The number of amides is 2. The van der Waals surface area contributed by atoms with Gasteiger partial charge in [-0.3, -0.25) is 9.59 Å². The quantitative estimate of drug-likeness (QED) is 0.892. The molecule has 1 atom stereocenters. The predicted molar refractivity (Wildman–Crippen MR) is 104 cm³/mol. The summed E-state index contributed by atoms with van der Waals surface area (Å²) in [5, 5.41) is 0. The minimum Gasteiger partial charge on any atom is -0.339 e. The number of carbonyl (C=O) groups is 2. The first-order valence-electron chi connectivity index (χ1n) is 8.59. The lowest BCUT2D eigenvalue weighted by molar-refractivity contribution is -0.134. The maximum Gasteiger partial charge on any atom is 0.253 e. The molecule has 2 aromatic carbocycles. The van der Waals surface area contributed by atoms with Crippen molar-refractivity contribution in [3.8, 4) is 0 Å². The molecule has 0 aromatic heterocycles. The van der Waals surface area contributed by atoms with Crippen LogP contribution in [-0.4, -0.2) is 54.3 Å². The molecule has 1 aliphatic rings. The van der Waals surface area contributed by atoms with E-state index in [9.17, 15) is 9.59 Å². The summed E-state index contributed by atoms with van der Waals surface area (Å²) < 4.78 is 0. The van der Waals surface area contributed by atoms with Gasteiger partial charge in [-0.2, -0.15) is 0 Å². The van der Waals surface area contributed by atoms with Crippen molar-refractivity contribution in [3.63, 3.8) is 0 Å². The van der Waals surface area contributed by atoms with Gasteiger partial charge in [0.15, 0.2) is 0 Å². The maximum absolute atomic E-state index is 12.8. The van der Waals surface area contributed by atoms with Crippen molar-refractivity contribution in [1.82, 2.24) is 9.80 Å². The summed E-state index contributed by atoms with van der Waals surface area (Å²) in [4.78, 5) is 28.9. The smallest absolute Gasteiger partial charge is 0.253 e. The molecule has 3 rings (SSSR count). The van der Waals surface area contributed by atoms with E-state index < -0.39 is 0 Å². The van der Waals surface area contributed by atoms with Gasteiger partial charge in [-0.25, -0.2) is 0 Å². The second kappa shape index (κ2) is 9.36. The van der Waals surface area contributed by atoms with Crippen molar-refractivity contribution < 1.29 is 9.59 Å². The summed E-state index contributed by atoms with van der Waals surface area (Å²) in [5.41, 5.74) is 7.48. The van der Waals surface area contributed by atoms with Gasteiger partial charge in [0.2, 0.25) is 5.91 Å². The van der Waals surface area contributed by atoms with E-state index in [1.807, 2.05) is 65.6 Å². The number of halogens is 1. The standard InChI is InChI=1S/C20H23N3O2.ClH/c21-15-18(16-7-3-1-4-8-16)20(25)23-13-11-22(12-14-23)19(24)17-9-5-2-6-10-17;/h1-10,18H,11-15,21H2;1H. The van der Waals surface area contributed by atoms with Crippen LogP contribution in [0.3, 0.4) is 0 Å². The van der Waals surface area contributed by atoms with Gasteiger partial charge >= 0.3 is 0 Å². The first kappa shape index (κ1) is 19.9. The Bertz CT molecular complexity index is 716. The van der Waals surface area contributed by atoms with Gasteiger partial charge in [0, 0.05) is 38.3 Å². The summed E-state index contributed by atoms with van der Waals surface area (Å²) in [6.07, 6.45) is 0. The minimum atomic E-state index is -0.322. The summed E-state index contributed by atoms with van der Waals surface area (Å²) >= 11 is 0. The van der Waals surface area contributed by atoms with E-state index in [1.165, 1.54) is 0 Å². The first-order chi connectivity index (χ1) is 12.2. The zero-order valence-electron chi connectivity index (χ0n) is 14.6. The highest BCUT2D eigenvalue weighted by atomic mass is 35.5. The predicted octanol–water partition coefficient (Wildman–Crippen LogP) is 2.14. The highest BCUT2D eigenvalue weighted by Gasteiger charge is 2.29. The van der Waals surface area contributed by atoms with E-state index in [0.717, 1.165) is 5.56 Å². The van der Waals surface area contributed by atoms with Crippen LogP contribution in [0.5, 0.6) is 0 Å². The van der Waals surface area contributed by atoms with E-state index in [0.29, 0.717) is 31.7 Å². The van der Waals surface area contributed by atoms with E-state index in [4.69, 9.17) is 5.73 Å².